The largest absolute Gasteiger partial charge is 0.346 e. The van der Waals surface area contributed by atoms with Crippen LogP contribution in [0, 0.1) is 11.3 Å². The first kappa shape index (κ1) is 19.2. The van der Waals surface area contributed by atoms with Gasteiger partial charge in [-0.1, -0.05) is 48.5 Å². The van der Waals surface area contributed by atoms with Gasteiger partial charge in [0.2, 0.25) is 0 Å². The zero-order valence-corrected chi connectivity index (χ0v) is 15.5. The van der Waals surface area contributed by atoms with Crippen molar-refractivity contribution in [2.24, 2.45) is 16.8 Å². The Morgan fingerprint density at radius 2 is 2.04 bits per heavy atom. The predicted molar refractivity (Wildman–Crippen MR) is 109 cm³/mol. The lowest BCUT2D eigenvalue weighted by atomic mass is 10.1. The number of nitrogens with two attached hydrogens (primary N) is 2. The number of amidine groups is 1. The molecule has 0 spiro atoms. The van der Waals surface area contributed by atoms with Crippen molar-refractivity contribution < 1.29 is 0 Å². The number of aromatic amines is 1. The smallest absolute Gasteiger partial charge is 0.321 e. The number of benzene rings is 2. The molecule has 0 saturated heterocycles. The van der Waals surface area contributed by atoms with Gasteiger partial charge in [0.15, 0.2) is 5.84 Å². The molecule has 2 aromatic carbocycles. The van der Waals surface area contributed by atoms with Gasteiger partial charge in [0, 0.05) is 11.3 Å². The fourth-order valence-corrected chi connectivity index (χ4v) is 3.56. The Balaban J connectivity index is 1.92. The first-order valence-corrected chi connectivity index (χ1v) is 9.21. The van der Waals surface area contributed by atoms with Crippen LogP contribution in [-0.4, -0.2) is 15.8 Å². The average molecular weight is 391 g/mol. The fraction of sp³-hybridized carbons (Fsp3) is 0.0526. The van der Waals surface area contributed by atoms with Crippen LogP contribution >= 0.6 is 11.8 Å². The Bertz CT molecular complexity index is 1100. The van der Waals surface area contributed by atoms with Gasteiger partial charge in [0.25, 0.3) is 0 Å². The second kappa shape index (κ2) is 8.85. The van der Waals surface area contributed by atoms with Crippen LogP contribution < -0.4 is 22.8 Å². The zero-order valence-electron chi connectivity index (χ0n) is 14.7. The molecule has 0 bridgehead atoms. The molecule has 28 heavy (non-hydrogen) atoms. The Hall–Kier alpha value is -3.61. The van der Waals surface area contributed by atoms with Crippen molar-refractivity contribution in [2.45, 2.75) is 10.8 Å². The maximum atomic E-state index is 12.0. The van der Waals surface area contributed by atoms with Crippen molar-refractivity contribution in [3.8, 4) is 17.3 Å². The first-order chi connectivity index (χ1) is 13.7. The van der Waals surface area contributed by atoms with E-state index in [1.165, 1.54) is 11.8 Å². The highest BCUT2D eigenvalue weighted by atomic mass is 32.2. The van der Waals surface area contributed by atoms with E-state index in [2.05, 4.69) is 26.6 Å². The summed E-state index contributed by atoms with van der Waals surface area (Å²) in [5.41, 5.74) is 5.15. The van der Waals surface area contributed by atoms with Gasteiger partial charge in [-0.15, -0.1) is 11.8 Å². The van der Waals surface area contributed by atoms with E-state index in [9.17, 15) is 10.1 Å². The SMILES string of the molecule is N#Cc1c(SCc2cccc(/C(=N/N)NN)c2)nc(=O)[nH]c1-c1ccccc1. The van der Waals surface area contributed by atoms with Gasteiger partial charge in [-0.2, -0.15) is 15.3 Å². The maximum Gasteiger partial charge on any atom is 0.346 e. The summed E-state index contributed by atoms with van der Waals surface area (Å²) in [6.45, 7) is 0. The van der Waals surface area contributed by atoms with E-state index < -0.39 is 5.69 Å². The van der Waals surface area contributed by atoms with Crippen molar-refractivity contribution in [1.82, 2.24) is 15.4 Å². The molecule has 0 saturated carbocycles. The molecular weight excluding hydrogens is 374 g/mol. The summed E-state index contributed by atoms with van der Waals surface area (Å²) in [5.74, 6) is 11.6. The minimum atomic E-state index is -0.501. The molecule has 0 unspecified atom stereocenters. The minimum absolute atomic E-state index is 0.333. The number of nitriles is 1. The number of hydrogen-bond acceptors (Lipinski definition) is 7. The Morgan fingerprint density at radius 1 is 1.25 bits per heavy atom. The van der Waals surface area contributed by atoms with Crippen LogP contribution in [0.3, 0.4) is 0 Å². The van der Waals surface area contributed by atoms with E-state index >= 15 is 0 Å². The molecule has 0 atom stereocenters. The summed E-state index contributed by atoms with van der Waals surface area (Å²) in [5, 5.41) is 13.6. The highest BCUT2D eigenvalue weighted by molar-refractivity contribution is 7.98. The van der Waals surface area contributed by atoms with Crippen LogP contribution in [0.1, 0.15) is 16.7 Å². The highest BCUT2D eigenvalue weighted by Gasteiger charge is 2.14. The number of hydrazine groups is 1. The van der Waals surface area contributed by atoms with Crippen molar-refractivity contribution in [3.05, 3.63) is 81.8 Å². The molecule has 3 aromatic rings. The third kappa shape index (κ3) is 4.20. The molecular formula is C19H17N7OS. The standard InChI is InChI=1S/C19H17N7OS/c20-10-15-16(13-6-2-1-3-7-13)23-19(27)24-18(15)28-11-12-5-4-8-14(9-12)17(25-21)26-22/h1-9H,11,21-22H2,(H,25,26)(H,23,24,27). The van der Waals surface area contributed by atoms with Crippen molar-refractivity contribution in [3.63, 3.8) is 0 Å². The molecule has 0 fully saturated rings. The van der Waals surface area contributed by atoms with Gasteiger partial charge in [-0.25, -0.2) is 10.6 Å². The van der Waals surface area contributed by atoms with Crippen molar-refractivity contribution in [1.29, 1.82) is 5.26 Å². The monoisotopic (exact) mass is 391 g/mol. The van der Waals surface area contributed by atoms with Gasteiger partial charge in [-0.05, 0) is 17.2 Å². The molecule has 0 amide bonds. The van der Waals surface area contributed by atoms with Crippen LogP contribution in [0.4, 0.5) is 0 Å². The summed E-state index contributed by atoms with van der Waals surface area (Å²) in [4.78, 5) is 18.7. The maximum absolute atomic E-state index is 12.0. The Morgan fingerprint density at radius 3 is 2.71 bits per heavy atom. The summed E-state index contributed by atoms with van der Waals surface area (Å²) in [7, 11) is 0. The number of hydrogen-bond donors (Lipinski definition) is 4. The normalized spacial score (nSPS) is 11.1. The van der Waals surface area contributed by atoms with Crippen LogP contribution in [-0.2, 0) is 5.75 Å². The number of thioether (sulfide) groups is 1. The minimum Gasteiger partial charge on any atom is -0.321 e. The Kier molecular flexibility index (Phi) is 6.06. The lowest BCUT2D eigenvalue weighted by Gasteiger charge is -2.09. The number of hydrazone groups is 1. The third-order valence-corrected chi connectivity index (χ3v) is 4.96. The molecule has 6 N–H and O–H groups in total. The molecule has 1 aromatic heterocycles. The van der Waals surface area contributed by atoms with Gasteiger partial charge < -0.3 is 16.3 Å². The molecule has 8 nitrogen and oxygen atoms in total. The zero-order chi connectivity index (χ0) is 19.9. The van der Waals surface area contributed by atoms with E-state index in [1.54, 1.807) is 0 Å². The quantitative estimate of drug-likeness (QED) is 0.129. The Labute approximate surface area is 165 Å². The van der Waals surface area contributed by atoms with Crippen LogP contribution in [0.15, 0.2) is 69.5 Å². The molecule has 0 aliphatic heterocycles. The summed E-state index contributed by atoms with van der Waals surface area (Å²) in [6.07, 6.45) is 0. The second-order valence-corrected chi connectivity index (χ2v) is 6.65. The van der Waals surface area contributed by atoms with E-state index in [-0.39, 0.29) is 0 Å². The van der Waals surface area contributed by atoms with E-state index in [4.69, 9.17) is 11.7 Å². The fourth-order valence-electron chi connectivity index (χ4n) is 2.64. The van der Waals surface area contributed by atoms with Crippen molar-refractivity contribution >= 4 is 17.6 Å². The van der Waals surface area contributed by atoms with E-state index in [1.807, 2.05) is 54.6 Å². The lowest BCUT2D eigenvalue weighted by molar-refractivity contribution is 0.970. The summed E-state index contributed by atoms with van der Waals surface area (Å²) in [6, 6.07) is 18.8. The average Bonchev–Trinajstić information content (AvgIpc) is 2.73. The molecule has 3 rings (SSSR count). The number of rotatable bonds is 5. The van der Waals surface area contributed by atoms with Gasteiger partial charge in [0.05, 0.1) is 5.69 Å². The molecule has 0 aliphatic carbocycles. The van der Waals surface area contributed by atoms with Gasteiger partial charge in [0.1, 0.15) is 16.7 Å². The summed E-state index contributed by atoms with van der Waals surface area (Å²) < 4.78 is 0. The van der Waals surface area contributed by atoms with Gasteiger partial charge >= 0.3 is 5.69 Å². The molecule has 0 aliphatic rings. The third-order valence-electron chi connectivity index (χ3n) is 3.91. The first-order valence-electron chi connectivity index (χ1n) is 8.22. The number of nitrogens with one attached hydrogen (secondary N) is 2. The van der Waals surface area contributed by atoms with E-state index in [0.717, 1.165) is 16.7 Å². The second-order valence-electron chi connectivity index (χ2n) is 5.69. The molecule has 1 heterocycles. The number of aromatic nitrogens is 2. The van der Waals surface area contributed by atoms with Crippen LogP contribution in [0.5, 0.6) is 0 Å². The van der Waals surface area contributed by atoms with E-state index in [0.29, 0.717) is 27.9 Å². The van der Waals surface area contributed by atoms with Crippen LogP contribution in [0.2, 0.25) is 0 Å². The molecule has 9 heteroatoms. The molecule has 0 radical (unpaired) electrons. The predicted octanol–water partition coefficient (Wildman–Crippen LogP) is 1.68. The highest BCUT2D eigenvalue weighted by Crippen LogP contribution is 2.29. The van der Waals surface area contributed by atoms with Gasteiger partial charge in [-0.3, -0.25) is 0 Å². The molecule has 140 valence electrons. The summed E-state index contributed by atoms with van der Waals surface area (Å²) >= 11 is 1.31. The van der Waals surface area contributed by atoms with Crippen LogP contribution in [0.25, 0.3) is 11.3 Å². The van der Waals surface area contributed by atoms with Crippen molar-refractivity contribution in [2.75, 3.05) is 0 Å². The number of nitrogens with zero attached hydrogens (tertiary/aromatic N) is 3. The lowest BCUT2D eigenvalue weighted by Crippen LogP contribution is -2.32. The number of H-pyrrole nitrogens is 1. The topological polar surface area (TPSA) is 146 Å².